The Morgan fingerprint density at radius 3 is 2.69 bits per heavy atom. The molecule has 0 aliphatic rings. The summed E-state index contributed by atoms with van der Waals surface area (Å²) in [4.78, 5) is 11.4. The largest absolute Gasteiger partial charge is 0.275 e. The van der Waals surface area contributed by atoms with Gasteiger partial charge >= 0.3 is 0 Å². The van der Waals surface area contributed by atoms with E-state index in [0.717, 1.165) is 17.0 Å². The average molecular weight is 403 g/mol. The van der Waals surface area contributed by atoms with Gasteiger partial charge in [-0.25, -0.2) is 0 Å². The zero-order valence-corrected chi connectivity index (χ0v) is 15.9. The SMILES string of the molecule is Cc1ccc(-c2nnc3sc(-c4cc(-c5ccccc5)n[nH]4)nn23)cc1[N+](=O)[O-]. The maximum atomic E-state index is 11.3. The second-order valence-corrected chi connectivity index (χ2v) is 7.37. The minimum absolute atomic E-state index is 0.0378. The number of nitrogens with one attached hydrogen (secondary N) is 1. The zero-order valence-electron chi connectivity index (χ0n) is 15.1. The molecule has 0 bridgehead atoms. The number of aryl methyl sites for hydroxylation is 1. The van der Waals surface area contributed by atoms with Crippen LogP contribution in [0, 0.1) is 17.0 Å². The van der Waals surface area contributed by atoms with Crippen molar-refractivity contribution in [3.05, 3.63) is 70.3 Å². The van der Waals surface area contributed by atoms with Crippen molar-refractivity contribution in [2.24, 2.45) is 0 Å². The summed E-state index contributed by atoms with van der Waals surface area (Å²) in [5, 5.41) is 32.2. The summed E-state index contributed by atoms with van der Waals surface area (Å²) in [6.45, 7) is 1.70. The molecule has 3 heterocycles. The van der Waals surface area contributed by atoms with Gasteiger partial charge < -0.3 is 0 Å². The zero-order chi connectivity index (χ0) is 20.0. The lowest BCUT2D eigenvalue weighted by Crippen LogP contribution is -1.95. The van der Waals surface area contributed by atoms with Gasteiger partial charge in [0.25, 0.3) is 5.69 Å². The van der Waals surface area contributed by atoms with E-state index in [9.17, 15) is 10.1 Å². The third-order valence-electron chi connectivity index (χ3n) is 4.53. The molecule has 2 aromatic carbocycles. The van der Waals surface area contributed by atoms with Crippen LogP contribution in [0.1, 0.15) is 5.56 Å². The maximum Gasteiger partial charge on any atom is 0.273 e. The fourth-order valence-electron chi connectivity index (χ4n) is 3.04. The number of nitro benzene ring substituents is 1. The van der Waals surface area contributed by atoms with Crippen LogP contribution < -0.4 is 0 Å². The summed E-state index contributed by atoms with van der Waals surface area (Å²) in [5.74, 6) is 0.452. The highest BCUT2D eigenvalue weighted by Gasteiger charge is 2.19. The lowest BCUT2D eigenvalue weighted by atomic mass is 10.1. The summed E-state index contributed by atoms with van der Waals surface area (Å²) in [5.41, 5.74) is 3.80. The van der Waals surface area contributed by atoms with Crippen molar-refractivity contribution in [1.29, 1.82) is 0 Å². The summed E-state index contributed by atoms with van der Waals surface area (Å²) in [7, 11) is 0. The summed E-state index contributed by atoms with van der Waals surface area (Å²) in [6.07, 6.45) is 0. The number of nitro groups is 1. The third kappa shape index (κ3) is 2.95. The molecule has 5 rings (SSSR count). The Hall–Kier alpha value is -3.92. The highest BCUT2D eigenvalue weighted by molar-refractivity contribution is 7.19. The van der Waals surface area contributed by atoms with Gasteiger partial charge in [-0.3, -0.25) is 15.2 Å². The van der Waals surface area contributed by atoms with Crippen LogP contribution in [0.5, 0.6) is 0 Å². The Morgan fingerprint density at radius 2 is 1.90 bits per heavy atom. The molecule has 0 atom stereocenters. The van der Waals surface area contributed by atoms with Gasteiger partial charge in [0.05, 0.1) is 16.3 Å². The van der Waals surface area contributed by atoms with Gasteiger partial charge in [0, 0.05) is 22.8 Å². The highest BCUT2D eigenvalue weighted by atomic mass is 32.1. The van der Waals surface area contributed by atoms with Crippen molar-refractivity contribution in [2.45, 2.75) is 6.92 Å². The Labute approximate surface area is 167 Å². The quantitative estimate of drug-likeness (QED) is 0.356. The Morgan fingerprint density at radius 1 is 1.07 bits per heavy atom. The molecule has 0 amide bonds. The van der Waals surface area contributed by atoms with E-state index in [1.165, 1.54) is 17.4 Å². The fourth-order valence-corrected chi connectivity index (χ4v) is 3.84. The molecule has 0 spiro atoms. The van der Waals surface area contributed by atoms with Gasteiger partial charge in [-0.1, -0.05) is 53.8 Å². The van der Waals surface area contributed by atoms with Crippen LogP contribution in [0.15, 0.2) is 54.6 Å². The fraction of sp³-hybridized carbons (Fsp3) is 0.0526. The molecule has 5 aromatic rings. The van der Waals surface area contributed by atoms with E-state index in [-0.39, 0.29) is 5.69 Å². The van der Waals surface area contributed by atoms with E-state index in [0.29, 0.717) is 26.9 Å². The minimum Gasteiger partial charge on any atom is -0.275 e. The van der Waals surface area contributed by atoms with Gasteiger partial charge in [0.1, 0.15) is 0 Å². The molecule has 29 heavy (non-hydrogen) atoms. The summed E-state index contributed by atoms with van der Waals surface area (Å²) >= 11 is 1.36. The molecule has 1 N–H and O–H groups in total. The topological polar surface area (TPSA) is 115 Å². The highest BCUT2D eigenvalue weighted by Crippen LogP contribution is 2.31. The third-order valence-corrected chi connectivity index (χ3v) is 5.46. The van der Waals surface area contributed by atoms with Gasteiger partial charge in [-0.15, -0.1) is 10.2 Å². The van der Waals surface area contributed by atoms with Crippen molar-refractivity contribution < 1.29 is 4.92 Å². The normalized spacial score (nSPS) is 11.2. The second-order valence-electron chi connectivity index (χ2n) is 6.42. The molecule has 10 heteroatoms. The van der Waals surface area contributed by atoms with E-state index in [2.05, 4.69) is 25.5 Å². The number of hydrogen-bond acceptors (Lipinski definition) is 7. The molecule has 142 valence electrons. The van der Waals surface area contributed by atoms with Crippen LogP contribution in [0.2, 0.25) is 0 Å². The van der Waals surface area contributed by atoms with Crippen molar-refractivity contribution in [3.63, 3.8) is 0 Å². The molecular formula is C19H13N7O2S. The van der Waals surface area contributed by atoms with Crippen LogP contribution in [0.3, 0.4) is 0 Å². The standard InChI is InChI=1S/C19H13N7O2S/c1-11-7-8-13(9-16(11)26(27)28)17-22-23-19-25(17)24-18(29-19)15-10-14(20-21-15)12-5-3-2-4-6-12/h2-10H,1H3,(H,20,21). The van der Waals surface area contributed by atoms with Gasteiger partial charge in [-0.2, -0.15) is 14.7 Å². The van der Waals surface area contributed by atoms with Crippen LogP contribution in [-0.4, -0.2) is 34.9 Å². The molecule has 0 saturated carbocycles. The molecule has 0 unspecified atom stereocenters. The second kappa shape index (κ2) is 6.60. The number of nitrogens with zero attached hydrogens (tertiary/aromatic N) is 6. The molecule has 0 aliphatic carbocycles. The molecule has 0 fully saturated rings. The number of hydrogen-bond donors (Lipinski definition) is 1. The lowest BCUT2D eigenvalue weighted by molar-refractivity contribution is -0.385. The number of H-pyrrole nitrogens is 1. The van der Waals surface area contributed by atoms with E-state index >= 15 is 0 Å². The molecule has 0 radical (unpaired) electrons. The Bertz CT molecular complexity index is 1350. The van der Waals surface area contributed by atoms with Crippen LogP contribution in [0.4, 0.5) is 5.69 Å². The number of rotatable bonds is 4. The maximum absolute atomic E-state index is 11.3. The lowest BCUT2D eigenvalue weighted by Gasteiger charge is -2.00. The number of aromatic amines is 1. The first kappa shape index (κ1) is 17.2. The molecule has 0 saturated heterocycles. The molecular weight excluding hydrogens is 390 g/mol. The van der Waals surface area contributed by atoms with Gasteiger partial charge in [0.2, 0.25) is 4.96 Å². The molecule has 9 nitrogen and oxygen atoms in total. The summed E-state index contributed by atoms with van der Waals surface area (Å²) < 4.78 is 1.59. The van der Waals surface area contributed by atoms with E-state index in [1.807, 2.05) is 36.4 Å². The van der Waals surface area contributed by atoms with E-state index in [1.54, 1.807) is 23.6 Å². The Kier molecular flexibility index (Phi) is 3.91. The van der Waals surface area contributed by atoms with Crippen LogP contribution >= 0.6 is 11.3 Å². The number of benzene rings is 2. The van der Waals surface area contributed by atoms with Crippen molar-refractivity contribution in [3.8, 4) is 33.3 Å². The van der Waals surface area contributed by atoms with Gasteiger partial charge in [0.15, 0.2) is 10.8 Å². The first-order valence-electron chi connectivity index (χ1n) is 8.69. The number of aromatic nitrogens is 6. The Balaban J connectivity index is 1.55. The minimum atomic E-state index is -0.404. The first-order chi connectivity index (χ1) is 14.1. The molecule has 3 aromatic heterocycles. The summed E-state index contributed by atoms with van der Waals surface area (Å²) in [6, 6.07) is 16.7. The average Bonchev–Trinajstić information content (AvgIpc) is 3.44. The molecule has 0 aliphatic heterocycles. The smallest absolute Gasteiger partial charge is 0.273 e. The monoisotopic (exact) mass is 403 g/mol. The van der Waals surface area contributed by atoms with Crippen molar-refractivity contribution in [1.82, 2.24) is 30.0 Å². The predicted octanol–water partition coefficient (Wildman–Crippen LogP) is 4.13. The van der Waals surface area contributed by atoms with Crippen molar-refractivity contribution >= 4 is 22.0 Å². The van der Waals surface area contributed by atoms with Crippen molar-refractivity contribution in [2.75, 3.05) is 0 Å². The van der Waals surface area contributed by atoms with E-state index in [4.69, 9.17) is 0 Å². The van der Waals surface area contributed by atoms with E-state index < -0.39 is 4.92 Å². The van der Waals surface area contributed by atoms with Crippen LogP contribution in [-0.2, 0) is 0 Å². The first-order valence-corrected chi connectivity index (χ1v) is 9.50. The number of fused-ring (bicyclic) bond motifs is 1. The predicted molar refractivity (Wildman–Crippen MR) is 109 cm³/mol. The van der Waals surface area contributed by atoms with Crippen LogP contribution in [0.25, 0.3) is 38.3 Å². The van der Waals surface area contributed by atoms with Gasteiger partial charge in [-0.05, 0) is 13.0 Å².